The Morgan fingerprint density at radius 1 is 1.11 bits per heavy atom. The number of benzene rings is 1. The van der Waals surface area contributed by atoms with E-state index in [1.165, 1.54) is 0 Å². The van der Waals surface area contributed by atoms with Crippen molar-refractivity contribution >= 4 is 23.4 Å². The molecule has 3 amide bonds. The number of hydrogen-bond acceptors (Lipinski definition) is 4. The van der Waals surface area contributed by atoms with E-state index in [0.29, 0.717) is 6.54 Å². The van der Waals surface area contributed by atoms with Crippen molar-refractivity contribution in [2.45, 2.75) is 52.6 Å². The fourth-order valence-electron chi connectivity index (χ4n) is 2.97. The third-order valence-electron chi connectivity index (χ3n) is 4.78. The molecule has 1 aliphatic rings. The normalized spacial score (nSPS) is 16.9. The van der Waals surface area contributed by atoms with Crippen molar-refractivity contribution in [3.63, 3.8) is 0 Å². The number of carbonyl (C=O) groups is 3. The second kappa shape index (κ2) is 9.68. The standard InChI is InChI=1S/C21H32N4O3/c1-15(22-20(28)21(2,3)4)19(27)24-17-10-12-25(13-11-17)14-18(26)23-16-8-6-5-7-9-16/h5-9,15,17H,10-14H2,1-4H3,(H,22,28)(H,23,26)(H,24,27). The summed E-state index contributed by atoms with van der Waals surface area (Å²) in [4.78, 5) is 38.6. The largest absolute Gasteiger partial charge is 0.351 e. The topological polar surface area (TPSA) is 90.5 Å². The molecule has 1 fully saturated rings. The number of anilines is 1. The van der Waals surface area contributed by atoms with E-state index in [0.717, 1.165) is 31.6 Å². The number of hydrogen-bond donors (Lipinski definition) is 3. The molecule has 1 aromatic rings. The van der Waals surface area contributed by atoms with Gasteiger partial charge < -0.3 is 16.0 Å². The lowest BCUT2D eigenvalue weighted by atomic mass is 9.95. The van der Waals surface area contributed by atoms with Crippen molar-refractivity contribution in [3.05, 3.63) is 30.3 Å². The van der Waals surface area contributed by atoms with Crippen LogP contribution < -0.4 is 16.0 Å². The van der Waals surface area contributed by atoms with Gasteiger partial charge in [0.2, 0.25) is 17.7 Å². The van der Waals surface area contributed by atoms with Crippen LogP contribution in [0.2, 0.25) is 0 Å². The number of piperidine rings is 1. The number of carbonyl (C=O) groups excluding carboxylic acids is 3. The maximum Gasteiger partial charge on any atom is 0.242 e. The molecule has 1 unspecified atom stereocenters. The highest BCUT2D eigenvalue weighted by molar-refractivity contribution is 5.92. The van der Waals surface area contributed by atoms with Gasteiger partial charge in [-0.25, -0.2) is 0 Å². The first-order valence-electron chi connectivity index (χ1n) is 9.84. The molecule has 0 radical (unpaired) electrons. The van der Waals surface area contributed by atoms with Crippen LogP contribution in [0.1, 0.15) is 40.5 Å². The average Bonchev–Trinajstić information content (AvgIpc) is 2.63. The summed E-state index contributed by atoms with van der Waals surface area (Å²) in [5, 5.41) is 8.65. The lowest BCUT2D eigenvalue weighted by Crippen LogP contribution is -2.53. The molecule has 0 aliphatic carbocycles. The van der Waals surface area contributed by atoms with Crippen molar-refractivity contribution < 1.29 is 14.4 Å². The fourth-order valence-corrected chi connectivity index (χ4v) is 2.97. The molecule has 1 saturated heterocycles. The van der Waals surface area contributed by atoms with Gasteiger partial charge in [-0.15, -0.1) is 0 Å². The molecular weight excluding hydrogens is 356 g/mol. The summed E-state index contributed by atoms with van der Waals surface area (Å²) < 4.78 is 0. The lowest BCUT2D eigenvalue weighted by molar-refractivity contribution is -0.133. The first-order valence-corrected chi connectivity index (χ1v) is 9.84. The lowest BCUT2D eigenvalue weighted by Gasteiger charge is -2.32. The quantitative estimate of drug-likeness (QED) is 0.693. The van der Waals surface area contributed by atoms with E-state index in [-0.39, 0.29) is 23.8 Å². The van der Waals surface area contributed by atoms with Gasteiger partial charge >= 0.3 is 0 Å². The number of nitrogens with zero attached hydrogens (tertiary/aromatic N) is 1. The molecular formula is C21H32N4O3. The minimum atomic E-state index is -0.568. The van der Waals surface area contributed by atoms with E-state index < -0.39 is 11.5 Å². The van der Waals surface area contributed by atoms with Gasteiger partial charge in [-0.1, -0.05) is 39.0 Å². The number of rotatable bonds is 6. The van der Waals surface area contributed by atoms with Crippen LogP contribution in [0, 0.1) is 5.41 Å². The predicted octanol–water partition coefficient (Wildman–Crippen LogP) is 1.76. The van der Waals surface area contributed by atoms with Crippen molar-refractivity contribution in [3.8, 4) is 0 Å². The second-order valence-corrected chi connectivity index (χ2v) is 8.42. The average molecular weight is 389 g/mol. The molecule has 1 aromatic carbocycles. The maximum atomic E-state index is 12.3. The minimum Gasteiger partial charge on any atom is -0.351 e. The highest BCUT2D eigenvalue weighted by atomic mass is 16.2. The summed E-state index contributed by atoms with van der Waals surface area (Å²) in [5.74, 6) is -0.348. The number of likely N-dealkylation sites (tertiary alicyclic amines) is 1. The Balaban J connectivity index is 1.71. The summed E-state index contributed by atoms with van der Waals surface area (Å²) in [7, 11) is 0. The first-order chi connectivity index (χ1) is 13.1. The molecule has 1 heterocycles. The molecule has 0 saturated carbocycles. The molecule has 0 bridgehead atoms. The van der Waals surface area contributed by atoms with E-state index in [2.05, 4.69) is 20.9 Å². The maximum absolute atomic E-state index is 12.3. The number of nitrogens with one attached hydrogen (secondary N) is 3. The summed E-state index contributed by atoms with van der Waals surface area (Å²) in [6.45, 7) is 8.98. The van der Waals surface area contributed by atoms with Gasteiger partial charge in [-0.3, -0.25) is 19.3 Å². The summed E-state index contributed by atoms with van der Waals surface area (Å²) >= 11 is 0. The Morgan fingerprint density at radius 3 is 2.29 bits per heavy atom. The van der Waals surface area contributed by atoms with Crippen molar-refractivity contribution in [2.75, 3.05) is 25.0 Å². The molecule has 1 atom stereocenters. The zero-order valence-electron chi connectivity index (χ0n) is 17.2. The van der Waals surface area contributed by atoms with Crippen molar-refractivity contribution in [1.29, 1.82) is 0 Å². The Kier molecular flexibility index (Phi) is 7.57. The highest BCUT2D eigenvalue weighted by Crippen LogP contribution is 2.14. The zero-order valence-corrected chi connectivity index (χ0v) is 17.2. The molecule has 2 rings (SSSR count). The van der Waals surface area contributed by atoms with Gasteiger partial charge in [0, 0.05) is 30.2 Å². The molecule has 0 aromatic heterocycles. The Morgan fingerprint density at radius 2 is 1.71 bits per heavy atom. The van der Waals surface area contributed by atoms with Gasteiger partial charge in [0.05, 0.1) is 6.54 Å². The molecule has 28 heavy (non-hydrogen) atoms. The predicted molar refractivity (Wildman–Crippen MR) is 110 cm³/mol. The second-order valence-electron chi connectivity index (χ2n) is 8.42. The third kappa shape index (κ3) is 6.96. The van der Waals surface area contributed by atoms with Gasteiger partial charge in [0.1, 0.15) is 6.04 Å². The summed E-state index contributed by atoms with van der Waals surface area (Å²) in [6.07, 6.45) is 1.56. The summed E-state index contributed by atoms with van der Waals surface area (Å²) in [5.41, 5.74) is 0.265. The van der Waals surface area contributed by atoms with Crippen molar-refractivity contribution in [1.82, 2.24) is 15.5 Å². The van der Waals surface area contributed by atoms with Crippen LogP contribution in [-0.2, 0) is 14.4 Å². The molecule has 1 aliphatic heterocycles. The van der Waals surface area contributed by atoms with Gasteiger partial charge in [0.25, 0.3) is 0 Å². The Bertz CT molecular complexity index is 677. The molecule has 7 heteroatoms. The van der Waals surface area contributed by atoms with Gasteiger partial charge in [0.15, 0.2) is 0 Å². The number of para-hydroxylation sites is 1. The SMILES string of the molecule is CC(NC(=O)C(C)(C)C)C(=O)NC1CCN(CC(=O)Nc2ccccc2)CC1. The highest BCUT2D eigenvalue weighted by Gasteiger charge is 2.27. The van der Waals surface area contributed by atoms with E-state index in [1.54, 1.807) is 6.92 Å². The Labute approximate surface area is 167 Å². The molecule has 154 valence electrons. The fraction of sp³-hybridized carbons (Fsp3) is 0.571. The minimum absolute atomic E-state index is 0.0350. The van der Waals surface area contributed by atoms with Crippen LogP contribution in [0.15, 0.2) is 30.3 Å². The van der Waals surface area contributed by atoms with E-state index in [9.17, 15) is 14.4 Å². The van der Waals surface area contributed by atoms with E-state index in [4.69, 9.17) is 0 Å². The van der Waals surface area contributed by atoms with E-state index >= 15 is 0 Å². The Hall–Kier alpha value is -2.41. The van der Waals surface area contributed by atoms with Crippen LogP contribution in [-0.4, -0.2) is 54.3 Å². The molecule has 7 nitrogen and oxygen atoms in total. The molecule has 0 spiro atoms. The third-order valence-corrected chi connectivity index (χ3v) is 4.78. The monoisotopic (exact) mass is 388 g/mol. The van der Waals surface area contributed by atoms with Crippen LogP contribution >= 0.6 is 0 Å². The molecule has 3 N–H and O–H groups in total. The van der Waals surface area contributed by atoms with Crippen molar-refractivity contribution in [2.24, 2.45) is 5.41 Å². The van der Waals surface area contributed by atoms with Crippen LogP contribution in [0.4, 0.5) is 5.69 Å². The van der Waals surface area contributed by atoms with Crippen LogP contribution in [0.3, 0.4) is 0 Å². The van der Waals surface area contributed by atoms with Gasteiger partial charge in [-0.2, -0.15) is 0 Å². The number of amides is 3. The summed E-state index contributed by atoms with van der Waals surface area (Å²) in [6, 6.07) is 8.89. The van der Waals surface area contributed by atoms with Crippen LogP contribution in [0.25, 0.3) is 0 Å². The van der Waals surface area contributed by atoms with Crippen LogP contribution in [0.5, 0.6) is 0 Å². The van der Waals surface area contributed by atoms with E-state index in [1.807, 2.05) is 51.1 Å². The smallest absolute Gasteiger partial charge is 0.242 e. The zero-order chi connectivity index (χ0) is 20.7. The first kappa shape index (κ1) is 21.9. The van der Waals surface area contributed by atoms with Gasteiger partial charge in [-0.05, 0) is 31.9 Å².